The third-order valence-electron chi connectivity index (χ3n) is 3.75. The van der Waals surface area contributed by atoms with Crippen molar-refractivity contribution in [3.63, 3.8) is 0 Å². The molecule has 0 aromatic heterocycles. The number of nitrogens with one attached hydrogen (secondary N) is 1. The first-order valence-electron chi connectivity index (χ1n) is 6.89. The summed E-state index contributed by atoms with van der Waals surface area (Å²) in [6.45, 7) is 6.02. The van der Waals surface area contributed by atoms with Gasteiger partial charge in [-0.2, -0.15) is 0 Å². The molecule has 0 saturated carbocycles. The van der Waals surface area contributed by atoms with E-state index in [0.29, 0.717) is 18.1 Å². The topological polar surface area (TPSA) is 21.3 Å². The van der Waals surface area contributed by atoms with E-state index >= 15 is 0 Å². The summed E-state index contributed by atoms with van der Waals surface area (Å²) in [6.07, 6.45) is 2.31. The highest BCUT2D eigenvalue weighted by atomic mass is 35.5. The SMILES string of the molecule is CCNC(Cc1c(Cl)cccc1Cl)C1COC(C)C1. The van der Waals surface area contributed by atoms with Crippen LogP contribution in [0.3, 0.4) is 0 Å². The summed E-state index contributed by atoms with van der Waals surface area (Å²) in [7, 11) is 0. The maximum Gasteiger partial charge on any atom is 0.0551 e. The van der Waals surface area contributed by atoms with Crippen molar-refractivity contribution in [2.45, 2.75) is 38.8 Å². The maximum absolute atomic E-state index is 6.27. The van der Waals surface area contributed by atoms with Gasteiger partial charge < -0.3 is 10.1 Å². The molecule has 1 aromatic carbocycles. The van der Waals surface area contributed by atoms with Gasteiger partial charge in [0, 0.05) is 22.0 Å². The highest BCUT2D eigenvalue weighted by Crippen LogP contribution is 2.30. The molecule has 0 spiro atoms. The van der Waals surface area contributed by atoms with E-state index in [1.165, 1.54) is 0 Å². The first-order valence-corrected chi connectivity index (χ1v) is 7.65. The number of rotatable bonds is 5. The van der Waals surface area contributed by atoms with Gasteiger partial charge in [0.1, 0.15) is 0 Å². The van der Waals surface area contributed by atoms with Crippen LogP contribution in [0, 0.1) is 5.92 Å². The average Bonchev–Trinajstić information content (AvgIpc) is 2.79. The lowest BCUT2D eigenvalue weighted by Gasteiger charge is -2.24. The molecule has 3 atom stereocenters. The maximum atomic E-state index is 6.27. The number of hydrogen-bond acceptors (Lipinski definition) is 2. The zero-order valence-electron chi connectivity index (χ0n) is 11.5. The van der Waals surface area contributed by atoms with Crippen LogP contribution in [0.15, 0.2) is 18.2 Å². The monoisotopic (exact) mass is 301 g/mol. The summed E-state index contributed by atoms with van der Waals surface area (Å²) in [5, 5.41) is 5.06. The second-order valence-electron chi connectivity index (χ2n) is 5.21. The van der Waals surface area contributed by atoms with Gasteiger partial charge in [0.25, 0.3) is 0 Å². The lowest BCUT2D eigenvalue weighted by Crippen LogP contribution is -2.38. The van der Waals surface area contributed by atoms with Gasteiger partial charge >= 0.3 is 0 Å². The Morgan fingerprint density at radius 3 is 2.58 bits per heavy atom. The standard InChI is InChI=1S/C15H21Cl2NO/c1-3-18-15(11-7-10(2)19-9-11)8-12-13(16)5-4-6-14(12)17/h4-6,10-11,15,18H,3,7-9H2,1-2H3. The highest BCUT2D eigenvalue weighted by Gasteiger charge is 2.29. The number of likely N-dealkylation sites (N-methyl/N-ethyl adjacent to an activating group) is 1. The van der Waals surface area contributed by atoms with E-state index < -0.39 is 0 Å². The van der Waals surface area contributed by atoms with Gasteiger partial charge in [-0.15, -0.1) is 0 Å². The smallest absolute Gasteiger partial charge is 0.0551 e. The van der Waals surface area contributed by atoms with Gasteiger partial charge in [-0.25, -0.2) is 0 Å². The van der Waals surface area contributed by atoms with Crippen molar-refractivity contribution in [2.24, 2.45) is 5.92 Å². The molecule has 1 aliphatic rings. The summed E-state index contributed by atoms with van der Waals surface area (Å²) in [6, 6.07) is 6.06. The Hall–Kier alpha value is -0.280. The van der Waals surface area contributed by atoms with Crippen LogP contribution in [0.25, 0.3) is 0 Å². The van der Waals surface area contributed by atoms with Crippen molar-refractivity contribution in [3.8, 4) is 0 Å². The van der Waals surface area contributed by atoms with Crippen LogP contribution < -0.4 is 5.32 Å². The lowest BCUT2D eigenvalue weighted by molar-refractivity contribution is 0.117. The molecule has 19 heavy (non-hydrogen) atoms. The molecule has 1 fully saturated rings. The second kappa shape index (κ2) is 6.94. The van der Waals surface area contributed by atoms with Crippen molar-refractivity contribution in [1.82, 2.24) is 5.32 Å². The second-order valence-corrected chi connectivity index (χ2v) is 6.02. The van der Waals surface area contributed by atoms with Crippen LogP contribution in [0.1, 0.15) is 25.8 Å². The van der Waals surface area contributed by atoms with Gasteiger partial charge in [0.15, 0.2) is 0 Å². The number of hydrogen-bond donors (Lipinski definition) is 1. The van der Waals surface area contributed by atoms with E-state index in [4.69, 9.17) is 27.9 Å². The normalized spacial score (nSPS) is 24.6. The van der Waals surface area contributed by atoms with Crippen molar-refractivity contribution in [3.05, 3.63) is 33.8 Å². The zero-order chi connectivity index (χ0) is 13.8. The van der Waals surface area contributed by atoms with E-state index in [9.17, 15) is 0 Å². The summed E-state index contributed by atoms with van der Waals surface area (Å²) < 4.78 is 5.68. The van der Waals surface area contributed by atoms with Crippen molar-refractivity contribution in [1.29, 1.82) is 0 Å². The molecule has 0 bridgehead atoms. The highest BCUT2D eigenvalue weighted by molar-refractivity contribution is 6.36. The molecule has 0 amide bonds. The molecule has 2 rings (SSSR count). The summed E-state index contributed by atoms with van der Waals surface area (Å²) >= 11 is 12.5. The Bertz CT molecular complexity index is 404. The molecule has 1 aromatic rings. The first kappa shape index (κ1) is 15.1. The Balaban J connectivity index is 2.12. The van der Waals surface area contributed by atoms with Gasteiger partial charge in [0.05, 0.1) is 12.7 Å². The third-order valence-corrected chi connectivity index (χ3v) is 4.46. The van der Waals surface area contributed by atoms with E-state index in [0.717, 1.165) is 41.6 Å². The summed E-state index contributed by atoms with van der Waals surface area (Å²) in [5.74, 6) is 0.530. The largest absolute Gasteiger partial charge is 0.378 e. The third kappa shape index (κ3) is 3.85. The fraction of sp³-hybridized carbons (Fsp3) is 0.600. The van der Waals surface area contributed by atoms with Crippen LogP contribution in [0.5, 0.6) is 0 Å². The summed E-state index contributed by atoms with van der Waals surface area (Å²) in [4.78, 5) is 0. The van der Waals surface area contributed by atoms with E-state index in [-0.39, 0.29) is 0 Å². The van der Waals surface area contributed by atoms with E-state index in [1.807, 2.05) is 18.2 Å². The van der Waals surface area contributed by atoms with Crippen LogP contribution >= 0.6 is 23.2 Å². The number of halogens is 2. The Morgan fingerprint density at radius 1 is 1.37 bits per heavy atom. The Kier molecular flexibility index (Phi) is 5.52. The fourth-order valence-electron chi connectivity index (χ4n) is 2.75. The zero-order valence-corrected chi connectivity index (χ0v) is 13.0. The van der Waals surface area contributed by atoms with E-state index in [1.54, 1.807) is 0 Å². The minimum absolute atomic E-state index is 0.355. The predicted molar refractivity (Wildman–Crippen MR) is 81.2 cm³/mol. The molecular weight excluding hydrogens is 281 g/mol. The van der Waals surface area contributed by atoms with Gasteiger partial charge in [0.2, 0.25) is 0 Å². The van der Waals surface area contributed by atoms with Gasteiger partial charge in [-0.05, 0) is 44.0 Å². The molecule has 106 valence electrons. The van der Waals surface area contributed by atoms with Gasteiger partial charge in [-0.3, -0.25) is 0 Å². The van der Waals surface area contributed by atoms with E-state index in [2.05, 4.69) is 19.2 Å². The van der Waals surface area contributed by atoms with Crippen LogP contribution in [0.2, 0.25) is 10.0 Å². The van der Waals surface area contributed by atoms with Crippen LogP contribution in [-0.4, -0.2) is 25.3 Å². The number of benzene rings is 1. The van der Waals surface area contributed by atoms with Crippen LogP contribution in [0.4, 0.5) is 0 Å². The van der Waals surface area contributed by atoms with Crippen molar-refractivity contribution in [2.75, 3.05) is 13.2 Å². The molecule has 0 aliphatic carbocycles. The van der Waals surface area contributed by atoms with Gasteiger partial charge in [-0.1, -0.05) is 36.2 Å². The molecule has 3 unspecified atom stereocenters. The predicted octanol–water partition coefficient (Wildman–Crippen LogP) is 3.94. The fourth-order valence-corrected chi connectivity index (χ4v) is 3.30. The molecule has 2 nitrogen and oxygen atoms in total. The minimum atomic E-state index is 0.355. The molecular formula is C15H21Cl2NO. The molecule has 1 N–H and O–H groups in total. The number of ether oxygens (including phenoxy) is 1. The first-order chi connectivity index (χ1) is 9.11. The Labute approximate surface area is 125 Å². The minimum Gasteiger partial charge on any atom is -0.378 e. The van der Waals surface area contributed by atoms with Crippen LogP contribution in [-0.2, 0) is 11.2 Å². The molecule has 1 heterocycles. The van der Waals surface area contributed by atoms with Crippen molar-refractivity contribution >= 4 is 23.2 Å². The molecule has 0 radical (unpaired) electrons. The van der Waals surface area contributed by atoms with Crippen molar-refractivity contribution < 1.29 is 4.74 Å². The average molecular weight is 302 g/mol. The quantitative estimate of drug-likeness (QED) is 0.889. The molecule has 1 saturated heterocycles. The summed E-state index contributed by atoms with van der Waals surface area (Å²) in [5.41, 5.74) is 1.04. The molecule has 4 heteroatoms. The Morgan fingerprint density at radius 2 is 2.05 bits per heavy atom. The molecule has 1 aliphatic heterocycles. The lowest BCUT2D eigenvalue weighted by atomic mass is 9.91.